The number of para-hydroxylation sites is 1. The van der Waals surface area contributed by atoms with Crippen molar-refractivity contribution in [2.45, 2.75) is 39.3 Å². The number of nitrogens with one attached hydrogen (secondary N) is 1. The van der Waals surface area contributed by atoms with E-state index in [-0.39, 0.29) is 42.1 Å². The Hall–Kier alpha value is -3.45. The van der Waals surface area contributed by atoms with Crippen LogP contribution in [0.4, 0.5) is 11.4 Å². The van der Waals surface area contributed by atoms with Crippen LogP contribution in [0, 0.1) is 6.92 Å². The van der Waals surface area contributed by atoms with Gasteiger partial charge in [-0.3, -0.25) is 14.4 Å². The van der Waals surface area contributed by atoms with Crippen LogP contribution in [0.5, 0.6) is 0 Å². The first-order valence-corrected chi connectivity index (χ1v) is 10.8. The molecule has 0 saturated carbocycles. The summed E-state index contributed by atoms with van der Waals surface area (Å²) in [5.74, 6) is -0.543. The summed E-state index contributed by atoms with van der Waals surface area (Å²) in [6, 6.07) is 15.7. The van der Waals surface area contributed by atoms with Gasteiger partial charge in [0.1, 0.15) is 5.69 Å². The lowest BCUT2D eigenvalue weighted by molar-refractivity contribution is -0.116. The summed E-state index contributed by atoms with van der Waals surface area (Å²) in [6.07, 6.45) is 0.796. The number of rotatable bonds is 5. The summed E-state index contributed by atoms with van der Waals surface area (Å²) in [7, 11) is 0. The molecule has 0 fully saturated rings. The molecule has 1 aromatic heterocycles. The quantitative estimate of drug-likeness (QED) is 0.640. The number of amides is 2. The Morgan fingerprint density at radius 2 is 1.94 bits per heavy atom. The van der Waals surface area contributed by atoms with Crippen molar-refractivity contribution in [2.24, 2.45) is 0 Å². The van der Waals surface area contributed by atoms with Gasteiger partial charge in [-0.05, 0) is 55.7 Å². The highest BCUT2D eigenvalue weighted by atomic mass is 35.5. The van der Waals surface area contributed by atoms with Gasteiger partial charge in [-0.2, -0.15) is 5.10 Å². The third-order valence-electron chi connectivity index (χ3n) is 5.54. The van der Waals surface area contributed by atoms with Crippen molar-refractivity contribution in [1.82, 2.24) is 9.78 Å². The van der Waals surface area contributed by atoms with E-state index in [1.807, 2.05) is 44.2 Å². The molecule has 2 heterocycles. The molecule has 8 heteroatoms. The largest absolute Gasteiger partial charge is 0.326 e. The lowest BCUT2D eigenvalue weighted by atomic mass is 10.1. The summed E-state index contributed by atoms with van der Waals surface area (Å²) in [5.41, 5.74) is 3.26. The van der Waals surface area contributed by atoms with E-state index in [9.17, 15) is 14.4 Å². The zero-order chi connectivity index (χ0) is 22.8. The molecular weight excluding hydrogens is 428 g/mol. The molecule has 4 rings (SSSR count). The van der Waals surface area contributed by atoms with Crippen LogP contribution in [-0.4, -0.2) is 27.6 Å². The first kappa shape index (κ1) is 21.8. The maximum absolute atomic E-state index is 13.2. The zero-order valence-electron chi connectivity index (χ0n) is 17.8. The number of fused-ring (bicyclic) bond motifs is 1. The van der Waals surface area contributed by atoms with Crippen LogP contribution < -0.4 is 15.8 Å². The molecule has 1 aliphatic heterocycles. The number of hydrogen-bond donors (Lipinski definition) is 1. The van der Waals surface area contributed by atoms with Gasteiger partial charge >= 0.3 is 0 Å². The Morgan fingerprint density at radius 1 is 1.16 bits per heavy atom. The van der Waals surface area contributed by atoms with Gasteiger partial charge in [-0.15, -0.1) is 0 Å². The molecule has 1 atom stereocenters. The topological polar surface area (TPSA) is 84.3 Å². The molecule has 3 aromatic rings. The molecule has 0 aliphatic carbocycles. The van der Waals surface area contributed by atoms with Crippen LogP contribution in [0.15, 0.2) is 59.4 Å². The molecule has 164 valence electrons. The fraction of sp³-hybridized carbons (Fsp3) is 0.250. The van der Waals surface area contributed by atoms with Crippen molar-refractivity contribution in [3.05, 3.63) is 86.8 Å². The second-order valence-electron chi connectivity index (χ2n) is 7.89. The highest BCUT2D eigenvalue weighted by Crippen LogP contribution is 2.32. The van der Waals surface area contributed by atoms with Crippen LogP contribution >= 0.6 is 11.6 Å². The molecule has 0 radical (unpaired) electrons. The van der Waals surface area contributed by atoms with Crippen molar-refractivity contribution in [3.63, 3.8) is 0 Å². The van der Waals surface area contributed by atoms with E-state index in [0.29, 0.717) is 10.7 Å². The van der Waals surface area contributed by atoms with Crippen LogP contribution in [0.25, 0.3) is 0 Å². The maximum atomic E-state index is 13.2. The monoisotopic (exact) mass is 450 g/mol. The number of anilines is 2. The number of carbonyl (C=O) groups is 2. The Kier molecular flexibility index (Phi) is 6.10. The minimum Gasteiger partial charge on any atom is -0.326 e. The smallest absolute Gasteiger partial charge is 0.278 e. The number of carbonyl (C=O) groups excluding carboxylic acids is 2. The predicted molar refractivity (Wildman–Crippen MR) is 124 cm³/mol. The zero-order valence-corrected chi connectivity index (χ0v) is 18.6. The first-order valence-electron chi connectivity index (χ1n) is 10.4. The summed E-state index contributed by atoms with van der Waals surface area (Å²) >= 11 is 5.99. The van der Waals surface area contributed by atoms with E-state index in [1.54, 1.807) is 17.0 Å². The van der Waals surface area contributed by atoms with E-state index in [4.69, 9.17) is 11.6 Å². The number of nitrogens with zero attached hydrogens (tertiary/aromatic N) is 3. The molecule has 1 aliphatic rings. The van der Waals surface area contributed by atoms with Crippen LogP contribution in [-0.2, 0) is 17.8 Å². The third kappa shape index (κ3) is 4.43. The first-order chi connectivity index (χ1) is 15.3. The van der Waals surface area contributed by atoms with E-state index in [0.717, 1.165) is 27.9 Å². The lowest BCUT2D eigenvalue weighted by Crippen LogP contribution is -2.37. The number of hydrogen-bond acceptors (Lipinski definition) is 4. The molecule has 0 unspecified atom stereocenters. The minimum absolute atomic E-state index is 0.00575. The average molecular weight is 451 g/mol. The predicted octanol–water partition coefficient (Wildman–Crippen LogP) is 3.83. The van der Waals surface area contributed by atoms with Crippen molar-refractivity contribution in [3.8, 4) is 0 Å². The van der Waals surface area contributed by atoms with Gasteiger partial charge in [-0.1, -0.05) is 35.9 Å². The van der Waals surface area contributed by atoms with Gasteiger partial charge in [-0.25, -0.2) is 4.68 Å². The molecular formula is C24H23ClN4O3. The van der Waals surface area contributed by atoms with Gasteiger partial charge in [0.15, 0.2) is 0 Å². The van der Waals surface area contributed by atoms with Gasteiger partial charge in [0.25, 0.3) is 11.5 Å². The Morgan fingerprint density at radius 3 is 2.75 bits per heavy atom. The van der Waals surface area contributed by atoms with E-state index in [1.165, 1.54) is 12.1 Å². The lowest BCUT2D eigenvalue weighted by Gasteiger charge is -2.22. The normalized spacial score (nSPS) is 14.8. The van der Waals surface area contributed by atoms with E-state index >= 15 is 0 Å². The maximum Gasteiger partial charge on any atom is 0.278 e. The molecule has 2 amide bonds. The van der Waals surface area contributed by atoms with Gasteiger partial charge in [0, 0.05) is 34.9 Å². The Balaban J connectivity index is 1.48. The van der Waals surface area contributed by atoms with Crippen molar-refractivity contribution < 1.29 is 9.59 Å². The Labute approximate surface area is 190 Å². The van der Waals surface area contributed by atoms with Crippen LogP contribution in [0.1, 0.15) is 35.0 Å². The number of benzene rings is 2. The number of aryl methyl sites for hydroxylation is 2. The van der Waals surface area contributed by atoms with Crippen LogP contribution in [0.2, 0.25) is 5.02 Å². The molecule has 0 bridgehead atoms. The fourth-order valence-electron chi connectivity index (χ4n) is 3.87. The van der Waals surface area contributed by atoms with E-state index in [2.05, 4.69) is 10.4 Å². The second-order valence-corrected chi connectivity index (χ2v) is 8.33. The molecule has 2 aromatic carbocycles. The molecule has 7 nitrogen and oxygen atoms in total. The van der Waals surface area contributed by atoms with Gasteiger partial charge in [0.2, 0.25) is 5.91 Å². The van der Waals surface area contributed by atoms with Crippen molar-refractivity contribution in [2.75, 3.05) is 10.2 Å². The standard InChI is InChI=1S/C24H23ClN4O3/c1-15-7-8-18(25)14-20(15)26-22(30)11-12-28-23(31)10-9-19(27-28)24(32)29-16(2)13-17-5-3-4-6-21(17)29/h3-10,14,16H,11-13H2,1-2H3,(H,26,30)/t16-/m0/s1. The molecule has 0 spiro atoms. The van der Waals surface area contributed by atoms with Gasteiger partial charge in [0.05, 0.1) is 6.54 Å². The SMILES string of the molecule is Cc1ccc(Cl)cc1NC(=O)CCn1nc(C(=O)N2c3ccccc3C[C@@H]2C)ccc1=O. The third-order valence-corrected chi connectivity index (χ3v) is 5.77. The second kappa shape index (κ2) is 8.96. The number of aromatic nitrogens is 2. The van der Waals surface area contributed by atoms with Crippen molar-refractivity contribution >= 4 is 34.8 Å². The Bertz CT molecular complexity index is 1250. The van der Waals surface area contributed by atoms with Gasteiger partial charge < -0.3 is 10.2 Å². The summed E-state index contributed by atoms with van der Waals surface area (Å²) in [6.45, 7) is 3.90. The minimum atomic E-state index is -0.372. The molecule has 32 heavy (non-hydrogen) atoms. The van der Waals surface area contributed by atoms with Crippen LogP contribution in [0.3, 0.4) is 0 Å². The highest BCUT2D eigenvalue weighted by molar-refractivity contribution is 6.31. The molecule has 1 N–H and O–H groups in total. The highest BCUT2D eigenvalue weighted by Gasteiger charge is 2.32. The summed E-state index contributed by atoms with van der Waals surface area (Å²) in [5, 5.41) is 7.57. The summed E-state index contributed by atoms with van der Waals surface area (Å²) < 4.78 is 1.16. The van der Waals surface area contributed by atoms with E-state index < -0.39 is 0 Å². The number of halogens is 1. The average Bonchev–Trinajstić information content (AvgIpc) is 3.11. The fourth-order valence-corrected chi connectivity index (χ4v) is 4.04. The summed E-state index contributed by atoms with van der Waals surface area (Å²) in [4.78, 5) is 39.6. The van der Waals surface area contributed by atoms with Crippen molar-refractivity contribution in [1.29, 1.82) is 0 Å². The molecule has 0 saturated heterocycles.